The lowest BCUT2D eigenvalue weighted by atomic mass is 10.2. The highest BCUT2D eigenvalue weighted by molar-refractivity contribution is 5.78. The van der Waals surface area contributed by atoms with E-state index in [2.05, 4.69) is 50.0 Å². The summed E-state index contributed by atoms with van der Waals surface area (Å²) in [6.45, 7) is 10.8. The summed E-state index contributed by atoms with van der Waals surface area (Å²) in [5.74, 6) is 0.677. The summed E-state index contributed by atoms with van der Waals surface area (Å²) in [6.07, 6.45) is 1.07. The van der Waals surface area contributed by atoms with Crippen LogP contribution in [0.25, 0.3) is 0 Å². The smallest absolute Gasteiger partial charge is 0.191 e. The normalized spacial score (nSPS) is 20.8. The Bertz CT molecular complexity index is 522. The highest BCUT2D eigenvalue weighted by Crippen LogP contribution is 2.08. The summed E-state index contributed by atoms with van der Waals surface area (Å²) in [6, 6.07) is 10.7. The first-order valence-corrected chi connectivity index (χ1v) is 9.42. The molecular formula is C19H31N5O. The molecule has 0 atom stereocenters. The molecule has 0 spiro atoms. The monoisotopic (exact) mass is 345 g/mol. The van der Waals surface area contributed by atoms with Crippen LogP contribution in [0.1, 0.15) is 12.0 Å². The minimum absolute atomic E-state index is 0.677. The van der Waals surface area contributed by atoms with Gasteiger partial charge < -0.3 is 20.3 Å². The molecule has 0 aliphatic carbocycles. The summed E-state index contributed by atoms with van der Waals surface area (Å²) >= 11 is 0. The van der Waals surface area contributed by atoms with E-state index in [1.807, 2.05) is 0 Å². The van der Waals surface area contributed by atoms with Crippen LogP contribution in [0.3, 0.4) is 0 Å². The van der Waals surface area contributed by atoms with Crippen molar-refractivity contribution in [3.8, 4) is 0 Å². The molecule has 0 saturated carbocycles. The van der Waals surface area contributed by atoms with E-state index in [4.69, 9.17) is 10.5 Å². The first-order chi connectivity index (χ1) is 12.3. The van der Waals surface area contributed by atoms with Crippen LogP contribution in [0, 0.1) is 0 Å². The van der Waals surface area contributed by atoms with E-state index in [0.29, 0.717) is 5.96 Å². The lowest BCUT2D eigenvalue weighted by Crippen LogP contribution is -2.46. The van der Waals surface area contributed by atoms with Crippen molar-refractivity contribution in [2.24, 2.45) is 10.7 Å². The molecule has 0 bridgehead atoms. The largest absolute Gasteiger partial charge is 0.378 e. The van der Waals surface area contributed by atoms with Crippen molar-refractivity contribution in [3.63, 3.8) is 0 Å². The van der Waals surface area contributed by atoms with Crippen LogP contribution in [-0.4, -0.2) is 86.2 Å². The molecule has 2 saturated heterocycles. The fourth-order valence-corrected chi connectivity index (χ4v) is 3.39. The molecular weight excluding hydrogens is 314 g/mol. The van der Waals surface area contributed by atoms with E-state index >= 15 is 0 Å². The Hall–Kier alpha value is -1.63. The number of aliphatic imine (C=N–C) groups is 1. The van der Waals surface area contributed by atoms with Gasteiger partial charge >= 0.3 is 0 Å². The number of nitrogens with zero attached hydrogens (tertiary/aromatic N) is 4. The Labute approximate surface area is 151 Å². The first-order valence-electron chi connectivity index (χ1n) is 9.42. The van der Waals surface area contributed by atoms with Gasteiger partial charge in [0.05, 0.1) is 13.2 Å². The first kappa shape index (κ1) is 18.2. The van der Waals surface area contributed by atoms with Crippen LogP contribution in [0.5, 0.6) is 0 Å². The molecule has 2 aliphatic heterocycles. The zero-order chi connectivity index (χ0) is 17.3. The van der Waals surface area contributed by atoms with E-state index < -0.39 is 0 Å². The SMILES string of the molecule is NC(=NCCCN1CCN(Cc2ccccc2)CC1)N1CCOCC1. The van der Waals surface area contributed by atoms with Crippen molar-refractivity contribution >= 4 is 5.96 Å². The van der Waals surface area contributed by atoms with Crippen LogP contribution in [0.4, 0.5) is 0 Å². The Morgan fingerprint density at radius 3 is 2.36 bits per heavy atom. The van der Waals surface area contributed by atoms with Crippen LogP contribution in [0.2, 0.25) is 0 Å². The van der Waals surface area contributed by atoms with Gasteiger partial charge in [0.25, 0.3) is 0 Å². The second-order valence-corrected chi connectivity index (χ2v) is 6.80. The van der Waals surface area contributed by atoms with Crippen molar-refractivity contribution in [1.29, 1.82) is 0 Å². The zero-order valence-corrected chi connectivity index (χ0v) is 15.1. The van der Waals surface area contributed by atoms with Crippen LogP contribution < -0.4 is 5.73 Å². The number of ether oxygens (including phenoxy) is 1. The predicted octanol–water partition coefficient (Wildman–Crippen LogP) is 0.841. The molecule has 0 amide bonds. The molecule has 25 heavy (non-hydrogen) atoms. The van der Waals surface area contributed by atoms with Crippen LogP contribution in [0.15, 0.2) is 35.3 Å². The second-order valence-electron chi connectivity index (χ2n) is 6.80. The standard InChI is InChI=1S/C19H31N5O/c20-19(24-13-15-25-16-14-24)21-7-4-8-22-9-11-23(12-10-22)17-18-5-2-1-3-6-18/h1-3,5-6H,4,7-17H2,(H2,20,21). The second kappa shape index (κ2) is 9.75. The van der Waals surface area contributed by atoms with Gasteiger partial charge in [-0.15, -0.1) is 0 Å². The van der Waals surface area contributed by atoms with E-state index in [9.17, 15) is 0 Å². The predicted molar refractivity (Wildman–Crippen MR) is 102 cm³/mol. The van der Waals surface area contributed by atoms with Crippen LogP contribution in [-0.2, 0) is 11.3 Å². The molecule has 2 fully saturated rings. The Balaban J connectivity index is 1.30. The number of rotatable bonds is 6. The molecule has 6 nitrogen and oxygen atoms in total. The average molecular weight is 345 g/mol. The maximum atomic E-state index is 6.06. The summed E-state index contributed by atoms with van der Waals surface area (Å²) in [5.41, 5.74) is 7.47. The van der Waals surface area contributed by atoms with E-state index in [0.717, 1.165) is 78.5 Å². The number of morpholine rings is 1. The summed E-state index contributed by atoms with van der Waals surface area (Å²) in [5, 5.41) is 0. The van der Waals surface area contributed by atoms with Crippen LogP contribution >= 0.6 is 0 Å². The molecule has 2 heterocycles. The Kier molecular flexibility index (Phi) is 7.09. The van der Waals surface area contributed by atoms with Gasteiger partial charge in [-0.2, -0.15) is 0 Å². The number of hydrogen-bond acceptors (Lipinski definition) is 4. The number of guanidine groups is 1. The third-order valence-electron chi connectivity index (χ3n) is 4.96. The van der Waals surface area contributed by atoms with Crippen molar-refractivity contribution in [2.75, 3.05) is 65.6 Å². The number of hydrogen-bond donors (Lipinski definition) is 1. The van der Waals surface area contributed by atoms with Gasteiger partial charge in [0, 0.05) is 58.9 Å². The maximum absolute atomic E-state index is 6.06. The molecule has 2 N–H and O–H groups in total. The van der Waals surface area contributed by atoms with Crippen molar-refractivity contribution in [2.45, 2.75) is 13.0 Å². The third-order valence-corrected chi connectivity index (χ3v) is 4.96. The minimum atomic E-state index is 0.677. The van der Waals surface area contributed by atoms with Crippen molar-refractivity contribution in [1.82, 2.24) is 14.7 Å². The van der Waals surface area contributed by atoms with Gasteiger partial charge in [0.1, 0.15) is 0 Å². The highest BCUT2D eigenvalue weighted by atomic mass is 16.5. The molecule has 0 radical (unpaired) electrons. The lowest BCUT2D eigenvalue weighted by Gasteiger charge is -2.34. The quantitative estimate of drug-likeness (QED) is 0.470. The molecule has 1 aromatic carbocycles. The Morgan fingerprint density at radius 1 is 0.960 bits per heavy atom. The molecule has 6 heteroatoms. The fourth-order valence-electron chi connectivity index (χ4n) is 3.39. The van der Waals surface area contributed by atoms with Gasteiger partial charge in [-0.1, -0.05) is 30.3 Å². The van der Waals surface area contributed by atoms with Gasteiger partial charge in [0.15, 0.2) is 5.96 Å². The number of nitrogens with two attached hydrogens (primary N) is 1. The molecule has 3 rings (SSSR count). The molecule has 1 aromatic rings. The van der Waals surface area contributed by atoms with Gasteiger partial charge in [0.2, 0.25) is 0 Å². The Morgan fingerprint density at radius 2 is 1.64 bits per heavy atom. The topological polar surface area (TPSA) is 57.3 Å². The summed E-state index contributed by atoms with van der Waals surface area (Å²) in [7, 11) is 0. The number of benzene rings is 1. The van der Waals surface area contributed by atoms with E-state index in [1.165, 1.54) is 5.56 Å². The fraction of sp³-hybridized carbons (Fsp3) is 0.632. The zero-order valence-electron chi connectivity index (χ0n) is 15.1. The molecule has 138 valence electrons. The van der Waals surface area contributed by atoms with Crippen molar-refractivity contribution < 1.29 is 4.74 Å². The number of piperazine rings is 1. The van der Waals surface area contributed by atoms with Gasteiger partial charge in [-0.05, 0) is 12.0 Å². The van der Waals surface area contributed by atoms with Crippen molar-refractivity contribution in [3.05, 3.63) is 35.9 Å². The van der Waals surface area contributed by atoms with Gasteiger partial charge in [-0.25, -0.2) is 0 Å². The summed E-state index contributed by atoms with van der Waals surface area (Å²) < 4.78 is 5.34. The van der Waals surface area contributed by atoms with Gasteiger partial charge in [-0.3, -0.25) is 9.89 Å². The third kappa shape index (κ3) is 5.99. The van der Waals surface area contributed by atoms with E-state index in [-0.39, 0.29) is 0 Å². The molecule has 0 aromatic heterocycles. The molecule has 0 unspecified atom stereocenters. The maximum Gasteiger partial charge on any atom is 0.191 e. The lowest BCUT2D eigenvalue weighted by molar-refractivity contribution is 0.0674. The average Bonchev–Trinajstić information content (AvgIpc) is 2.68. The summed E-state index contributed by atoms with van der Waals surface area (Å²) in [4.78, 5) is 11.7. The minimum Gasteiger partial charge on any atom is -0.378 e. The van der Waals surface area contributed by atoms with E-state index in [1.54, 1.807) is 0 Å². The molecule has 2 aliphatic rings. The highest BCUT2D eigenvalue weighted by Gasteiger charge is 2.16.